The molecule has 0 aliphatic carbocycles. The predicted molar refractivity (Wildman–Crippen MR) is 32.5 cm³/mol. The zero-order valence-corrected chi connectivity index (χ0v) is 5.64. The van der Waals surface area contributed by atoms with Gasteiger partial charge < -0.3 is 25.5 Å². The van der Waals surface area contributed by atoms with Gasteiger partial charge in [-0.15, -0.1) is 0 Å². The van der Waals surface area contributed by atoms with E-state index >= 15 is 0 Å². The van der Waals surface area contributed by atoms with E-state index in [2.05, 4.69) is 0 Å². The van der Waals surface area contributed by atoms with Gasteiger partial charge in [0.1, 0.15) is 0 Å². The van der Waals surface area contributed by atoms with E-state index in [0.29, 0.717) is 0 Å². The van der Waals surface area contributed by atoms with Gasteiger partial charge in [-0.2, -0.15) is 0 Å². The molecule has 0 aliphatic heterocycles. The van der Waals surface area contributed by atoms with Crippen molar-refractivity contribution in [3.8, 4) is 0 Å². The highest BCUT2D eigenvalue weighted by atomic mass is 16.5. The van der Waals surface area contributed by atoms with E-state index in [1.165, 1.54) is 0 Å². The maximum atomic E-state index is 10.2. The molecule has 0 aliphatic rings. The van der Waals surface area contributed by atoms with E-state index in [9.17, 15) is 4.79 Å². The Balaban J connectivity index is 4.22. The topological polar surface area (TPSA) is 118 Å². The van der Waals surface area contributed by atoms with Crippen molar-refractivity contribution < 1.29 is 30.3 Å². The smallest absolute Gasteiger partial charge is 0.338 e. The van der Waals surface area contributed by atoms with Crippen LogP contribution < -0.4 is 0 Å². The molecule has 0 bridgehead atoms. The van der Waals surface area contributed by atoms with E-state index in [-0.39, 0.29) is 0 Å². The number of aliphatic hydroxyl groups excluding tert-OH is 2. The normalized spacial score (nSPS) is 16.5. The fraction of sp³-hybridized carbons (Fsp3) is 0.800. The summed E-state index contributed by atoms with van der Waals surface area (Å²) in [5, 5.41) is 42.1. The second kappa shape index (κ2) is 3.63. The molecule has 11 heavy (non-hydrogen) atoms. The summed E-state index contributed by atoms with van der Waals surface area (Å²) in [6, 6.07) is 0. The van der Waals surface area contributed by atoms with E-state index in [1.54, 1.807) is 0 Å². The first-order chi connectivity index (χ1) is 4.92. The first-order valence-electron chi connectivity index (χ1n) is 2.85. The second-order valence-electron chi connectivity index (χ2n) is 2.18. The molecule has 0 radical (unpaired) electrons. The van der Waals surface area contributed by atoms with Crippen LogP contribution in [0.15, 0.2) is 0 Å². The van der Waals surface area contributed by atoms with Crippen molar-refractivity contribution in [2.24, 2.45) is 0 Å². The number of carbonyl (C=O) groups is 1. The Bertz CT molecular complexity index is 144. The summed E-state index contributed by atoms with van der Waals surface area (Å²) in [4.78, 5) is 10.2. The van der Waals surface area contributed by atoms with Crippen molar-refractivity contribution >= 4 is 5.97 Å². The third-order valence-corrected chi connectivity index (χ3v) is 1.18. The molecule has 0 spiro atoms. The number of aliphatic hydroxyl groups is 4. The van der Waals surface area contributed by atoms with Gasteiger partial charge in [0.15, 0.2) is 11.9 Å². The molecule has 0 fully saturated rings. The Labute approximate surface area is 62.3 Å². The Morgan fingerprint density at radius 1 is 1.45 bits per heavy atom. The van der Waals surface area contributed by atoms with Crippen LogP contribution in [0.25, 0.3) is 0 Å². The van der Waals surface area contributed by atoms with Crippen LogP contribution in [0.2, 0.25) is 0 Å². The molecule has 0 aromatic heterocycles. The molecule has 6 heteroatoms. The highest BCUT2D eigenvalue weighted by molar-refractivity contribution is 5.77. The Morgan fingerprint density at radius 2 is 1.91 bits per heavy atom. The van der Waals surface area contributed by atoms with Crippen molar-refractivity contribution in [3.05, 3.63) is 0 Å². The van der Waals surface area contributed by atoms with Crippen molar-refractivity contribution in [1.82, 2.24) is 0 Å². The minimum Gasteiger partial charge on any atom is -0.479 e. The number of hydrogen-bond donors (Lipinski definition) is 5. The largest absolute Gasteiger partial charge is 0.479 e. The van der Waals surface area contributed by atoms with Crippen LogP contribution in [0.1, 0.15) is 6.42 Å². The maximum Gasteiger partial charge on any atom is 0.338 e. The highest BCUT2D eigenvalue weighted by Crippen LogP contribution is 2.11. The lowest BCUT2D eigenvalue weighted by atomic mass is 10.0. The van der Waals surface area contributed by atoms with Crippen molar-refractivity contribution in [3.63, 3.8) is 0 Å². The molecule has 0 saturated carbocycles. The van der Waals surface area contributed by atoms with Crippen molar-refractivity contribution in [2.75, 3.05) is 6.61 Å². The molecule has 0 amide bonds. The van der Waals surface area contributed by atoms with Gasteiger partial charge >= 0.3 is 5.97 Å². The van der Waals surface area contributed by atoms with Gasteiger partial charge in [0.2, 0.25) is 0 Å². The molecule has 0 saturated heterocycles. The molecule has 0 heterocycles. The van der Waals surface area contributed by atoms with Gasteiger partial charge in [0.25, 0.3) is 0 Å². The van der Waals surface area contributed by atoms with Crippen molar-refractivity contribution in [1.29, 1.82) is 0 Å². The van der Waals surface area contributed by atoms with Crippen molar-refractivity contribution in [2.45, 2.75) is 18.3 Å². The molecule has 0 aromatic carbocycles. The molecule has 6 nitrogen and oxygen atoms in total. The number of hydrogen-bond acceptors (Lipinski definition) is 5. The van der Waals surface area contributed by atoms with Gasteiger partial charge in [-0.25, -0.2) is 4.79 Å². The fourth-order valence-corrected chi connectivity index (χ4v) is 0.522. The third kappa shape index (κ3) is 2.81. The molecule has 0 aromatic rings. The Morgan fingerprint density at radius 3 is 2.00 bits per heavy atom. The average molecular weight is 166 g/mol. The number of aliphatic carboxylic acids is 1. The fourth-order valence-electron chi connectivity index (χ4n) is 0.522. The lowest BCUT2D eigenvalue weighted by Crippen LogP contribution is -2.45. The highest BCUT2D eigenvalue weighted by Gasteiger charge is 2.37. The minimum atomic E-state index is -2.46. The van der Waals surface area contributed by atoms with E-state index in [1.807, 2.05) is 0 Å². The molecular weight excluding hydrogens is 156 g/mol. The van der Waals surface area contributed by atoms with Crippen LogP contribution in [-0.2, 0) is 4.79 Å². The number of carboxylic acid groups (broad SMARTS) is 1. The zero-order valence-electron chi connectivity index (χ0n) is 5.64. The van der Waals surface area contributed by atoms with Crippen LogP contribution in [0.5, 0.6) is 0 Å². The van der Waals surface area contributed by atoms with Crippen LogP contribution >= 0.6 is 0 Å². The van der Waals surface area contributed by atoms with Gasteiger partial charge in [-0.1, -0.05) is 0 Å². The monoisotopic (exact) mass is 166 g/mol. The molecule has 66 valence electrons. The maximum absolute atomic E-state index is 10.2. The number of carboxylic acids is 1. The van der Waals surface area contributed by atoms with Crippen LogP contribution in [-0.4, -0.2) is 50.0 Å². The minimum absolute atomic E-state index is 0.821. The lowest BCUT2D eigenvalue weighted by Gasteiger charge is -2.20. The van der Waals surface area contributed by atoms with Crippen LogP contribution in [0, 0.1) is 0 Å². The van der Waals surface area contributed by atoms with Gasteiger partial charge in [0, 0.05) is 6.42 Å². The molecule has 0 rings (SSSR count). The first kappa shape index (κ1) is 10.3. The average Bonchev–Trinajstić information content (AvgIpc) is 1.86. The van der Waals surface area contributed by atoms with Gasteiger partial charge in [-0.3, -0.25) is 0 Å². The molecule has 5 N–H and O–H groups in total. The van der Waals surface area contributed by atoms with E-state index < -0.39 is 30.9 Å². The van der Waals surface area contributed by atoms with Gasteiger partial charge in [-0.05, 0) is 0 Å². The first-order valence-corrected chi connectivity index (χ1v) is 2.85. The standard InChI is InChI=1S/C5H10O6/c6-2-5(11,4(9)10)1-3(7)8/h3,6-8,11H,1-2H2,(H,9,10). The lowest BCUT2D eigenvalue weighted by molar-refractivity contribution is -0.175. The Hall–Kier alpha value is -0.690. The SMILES string of the molecule is O=C(O)C(O)(CO)CC(O)O. The summed E-state index contributed by atoms with van der Waals surface area (Å²) in [5.41, 5.74) is -2.46. The summed E-state index contributed by atoms with van der Waals surface area (Å²) < 4.78 is 0. The second-order valence-corrected chi connectivity index (χ2v) is 2.18. The van der Waals surface area contributed by atoms with Crippen LogP contribution in [0.3, 0.4) is 0 Å². The molecule has 1 unspecified atom stereocenters. The summed E-state index contributed by atoms with van der Waals surface area (Å²) in [6.07, 6.45) is -2.78. The van der Waals surface area contributed by atoms with Gasteiger partial charge in [0.05, 0.1) is 6.61 Å². The summed E-state index contributed by atoms with van der Waals surface area (Å²) in [6.45, 7) is -1.06. The Kier molecular flexibility index (Phi) is 3.40. The molecular formula is C5H10O6. The third-order valence-electron chi connectivity index (χ3n) is 1.18. The zero-order chi connectivity index (χ0) is 9.07. The summed E-state index contributed by atoms with van der Waals surface area (Å²) >= 11 is 0. The van der Waals surface area contributed by atoms with E-state index in [0.717, 1.165) is 0 Å². The predicted octanol–water partition coefficient (Wildman–Crippen LogP) is -2.50. The molecule has 1 atom stereocenters. The van der Waals surface area contributed by atoms with Crippen LogP contribution in [0.4, 0.5) is 0 Å². The summed E-state index contributed by atoms with van der Waals surface area (Å²) in [7, 11) is 0. The quantitative estimate of drug-likeness (QED) is 0.294. The summed E-state index contributed by atoms with van der Waals surface area (Å²) in [5.74, 6) is -1.69. The van der Waals surface area contributed by atoms with E-state index in [4.69, 9.17) is 25.5 Å². The number of rotatable bonds is 4.